The Morgan fingerprint density at radius 1 is 1.32 bits per heavy atom. The monoisotopic (exact) mass is 503 g/mol. The lowest BCUT2D eigenvalue weighted by Gasteiger charge is -2.54. The molecule has 3 atom stereocenters. The van der Waals surface area contributed by atoms with Crippen molar-refractivity contribution in [3.05, 3.63) is 24.3 Å². The quantitative estimate of drug-likeness (QED) is 0.244. The van der Waals surface area contributed by atoms with Gasteiger partial charge in [0.2, 0.25) is 0 Å². The second-order valence-corrected chi connectivity index (χ2v) is 7.86. The molecule has 1 aromatic rings. The Labute approximate surface area is 185 Å². The van der Waals surface area contributed by atoms with E-state index in [4.69, 9.17) is 14.2 Å². The largest absolute Gasteiger partial charge is 0.493 e. The van der Waals surface area contributed by atoms with Crippen LogP contribution in [0.15, 0.2) is 29.3 Å². The SMILES string of the molecule is CCN=C(Nc1cccc(OCCCOC)c1)NC1C2CCOC2C1(C)C.I. The van der Waals surface area contributed by atoms with E-state index >= 15 is 0 Å². The van der Waals surface area contributed by atoms with Gasteiger partial charge in [0, 0.05) is 62.4 Å². The van der Waals surface area contributed by atoms with E-state index in [0.29, 0.717) is 31.3 Å². The molecule has 3 rings (SSSR count). The molecule has 1 aliphatic heterocycles. The molecule has 1 aliphatic carbocycles. The minimum Gasteiger partial charge on any atom is -0.493 e. The van der Waals surface area contributed by atoms with Gasteiger partial charge in [-0.15, -0.1) is 24.0 Å². The Bertz CT molecular complexity index is 654. The van der Waals surface area contributed by atoms with E-state index in [1.807, 2.05) is 31.2 Å². The molecule has 158 valence electrons. The molecule has 3 unspecified atom stereocenters. The summed E-state index contributed by atoms with van der Waals surface area (Å²) in [5, 5.41) is 7.08. The van der Waals surface area contributed by atoms with Crippen LogP contribution >= 0.6 is 24.0 Å². The normalized spacial score (nSPS) is 25.3. The standard InChI is InChI=1S/C21H33N3O3.HI/c1-5-22-20(24-18-17-10-13-27-19(17)21(18,2)3)23-15-8-6-9-16(14-15)26-12-7-11-25-4;/h6,8-9,14,17-19H,5,7,10-13H2,1-4H3,(H2,22,23,24);1H. The lowest BCUT2D eigenvalue weighted by atomic mass is 9.57. The first-order valence-corrected chi connectivity index (χ1v) is 9.97. The predicted octanol–water partition coefficient (Wildman–Crippen LogP) is 3.91. The molecule has 0 amide bonds. The van der Waals surface area contributed by atoms with E-state index in [9.17, 15) is 0 Å². The summed E-state index contributed by atoms with van der Waals surface area (Å²) in [6.07, 6.45) is 2.36. The summed E-state index contributed by atoms with van der Waals surface area (Å²) in [6.45, 7) is 9.53. The van der Waals surface area contributed by atoms with E-state index in [1.165, 1.54) is 0 Å². The molecule has 2 N–H and O–H groups in total. The Morgan fingerprint density at radius 3 is 2.89 bits per heavy atom. The lowest BCUT2D eigenvalue weighted by Crippen LogP contribution is -2.67. The highest BCUT2D eigenvalue weighted by atomic mass is 127. The van der Waals surface area contributed by atoms with Crippen LogP contribution in [0.2, 0.25) is 0 Å². The van der Waals surface area contributed by atoms with Crippen LogP contribution in [0.1, 0.15) is 33.6 Å². The van der Waals surface area contributed by atoms with Gasteiger partial charge in [-0.1, -0.05) is 19.9 Å². The average molecular weight is 503 g/mol. The van der Waals surface area contributed by atoms with E-state index in [2.05, 4.69) is 29.5 Å². The van der Waals surface area contributed by atoms with Crippen LogP contribution in [-0.2, 0) is 9.47 Å². The molecule has 28 heavy (non-hydrogen) atoms. The highest BCUT2D eigenvalue weighted by Gasteiger charge is 2.59. The van der Waals surface area contributed by atoms with Gasteiger partial charge in [-0.2, -0.15) is 0 Å². The molecule has 7 heteroatoms. The van der Waals surface area contributed by atoms with E-state index in [-0.39, 0.29) is 29.4 Å². The maximum Gasteiger partial charge on any atom is 0.196 e. The van der Waals surface area contributed by atoms with Crippen molar-refractivity contribution in [3.8, 4) is 5.75 Å². The van der Waals surface area contributed by atoms with Gasteiger partial charge in [0.1, 0.15) is 5.75 Å². The molecule has 0 bridgehead atoms. The lowest BCUT2D eigenvalue weighted by molar-refractivity contribution is -0.106. The van der Waals surface area contributed by atoms with Gasteiger partial charge in [-0.25, -0.2) is 0 Å². The summed E-state index contributed by atoms with van der Waals surface area (Å²) in [7, 11) is 1.70. The third-order valence-corrected chi connectivity index (χ3v) is 5.57. The van der Waals surface area contributed by atoms with Crippen molar-refractivity contribution in [2.75, 3.05) is 38.8 Å². The molecule has 1 aromatic carbocycles. The first-order chi connectivity index (χ1) is 13.1. The molecule has 2 aliphatic rings. The number of hydrogen-bond acceptors (Lipinski definition) is 4. The summed E-state index contributed by atoms with van der Waals surface area (Å²) < 4.78 is 16.8. The molecule has 2 fully saturated rings. The highest BCUT2D eigenvalue weighted by molar-refractivity contribution is 14.0. The zero-order chi connectivity index (χ0) is 19.3. The highest BCUT2D eigenvalue weighted by Crippen LogP contribution is 2.52. The van der Waals surface area contributed by atoms with Crippen LogP contribution in [0.4, 0.5) is 5.69 Å². The summed E-state index contributed by atoms with van der Waals surface area (Å²) in [4.78, 5) is 4.63. The maximum absolute atomic E-state index is 5.90. The number of methoxy groups -OCH3 is 1. The summed E-state index contributed by atoms with van der Waals surface area (Å²) in [5.41, 5.74) is 1.08. The Balaban J connectivity index is 0.00000280. The molecule has 0 aromatic heterocycles. The predicted molar refractivity (Wildman–Crippen MR) is 124 cm³/mol. The Morgan fingerprint density at radius 2 is 2.14 bits per heavy atom. The van der Waals surface area contributed by atoms with E-state index < -0.39 is 0 Å². The van der Waals surface area contributed by atoms with Crippen LogP contribution in [-0.4, -0.2) is 51.6 Å². The van der Waals surface area contributed by atoms with Crippen molar-refractivity contribution >= 4 is 35.6 Å². The topological polar surface area (TPSA) is 64.1 Å². The van der Waals surface area contributed by atoms with Crippen molar-refractivity contribution in [3.63, 3.8) is 0 Å². The molecule has 1 saturated heterocycles. The maximum atomic E-state index is 5.90. The average Bonchev–Trinajstić information content (AvgIpc) is 3.11. The number of aliphatic imine (C=N–C) groups is 1. The number of halogens is 1. The Kier molecular flexibility index (Phi) is 8.82. The van der Waals surface area contributed by atoms with E-state index in [1.54, 1.807) is 7.11 Å². The first kappa shape index (κ1) is 23.2. The second kappa shape index (κ2) is 10.6. The fourth-order valence-corrected chi connectivity index (χ4v) is 4.24. The van der Waals surface area contributed by atoms with Crippen LogP contribution in [0.5, 0.6) is 5.75 Å². The fourth-order valence-electron chi connectivity index (χ4n) is 4.24. The van der Waals surface area contributed by atoms with Crippen molar-refractivity contribution in [2.45, 2.75) is 45.8 Å². The van der Waals surface area contributed by atoms with Crippen LogP contribution < -0.4 is 15.4 Å². The molecular weight excluding hydrogens is 469 g/mol. The zero-order valence-electron chi connectivity index (χ0n) is 17.4. The summed E-state index contributed by atoms with van der Waals surface area (Å²) in [5.74, 6) is 2.23. The van der Waals surface area contributed by atoms with Gasteiger partial charge in [-0.3, -0.25) is 4.99 Å². The third kappa shape index (κ3) is 5.30. The molecular formula is C21H34IN3O3. The number of nitrogens with one attached hydrogen (secondary N) is 2. The minimum absolute atomic E-state index is 0. The van der Waals surface area contributed by atoms with Gasteiger partial charge in [0.05, 0.1) is 12.7 Å². The van der Waals surface area contributed by atoms with Gasteiger partial charge in [-0.05, 0) is 25.5 Å². The zero-order valence-corrected chi connectivity index (χ0v) is 19.7. The molecule has 6 nitrogen and oxygen atoms in total. The van der Waals surface area contributed by atoms with Gasteiger partial charge < -0.3 is 24.8 Å². The minimum atomic E-state index is 0. The number of hydrogen-bond donors (Lipinski definition) is 2. The Hall–Kier alpha value is -1.06. The van der Waals surface area contributed by atoms with Crippen molar-refractivity contribution in [1.29, 1.82) is 0 Å². The van der Waals surface area contributed by atoms with Gasteiger partial charge in [0.15, 0.2) is 5.96 Å². The number of anilines is 1. The van der Waals surface area contributed by atoms with Crippen LogP contribution in [0.3, 0.4) is 0 Å². The number of ether oxygens (including phenoxy) is 3. The number of benzene rings is 1. The van der Waals surface area contributed by atoms with Crippen LogP contribution in [0.25, 0.3) is 0 Å². The number of guanidine groups is 1. The fraction of sp³-hybridized carbons (Fsp3) is 0.667. The molecule has 0 spiro atoms. The molecule has 1 heterocycles. The smallest absolute Gasteiger partial charge is 0.196 e. The van der Waals surface area contributed by atoms with Crippen molar-refractivity contribution in [2.24, 2.45) is 16.3 Å². The third-order valence-electron chi connectivity index (χ3n) is 5.57. The number of nitrogens with zero attached hydrogens (tertiary/aromatic N) is 1. The molecule has 1 saturated carbocycles. The van der Waals surface area contributed by atoms with E-state index in [0.717, 1.165) is 43.4 Å². The summed E-state index contributed by atoms with van der Waals surface area (Å²) >= 11 is 0. The number of fused-ring (bicyclic) bond motifs is 1. The van der Waals surface area contributed by atoms with Crippen molar-refractivity contribution < 1.29 is 14.2 Å². The van der Waals surface area contributed by atoms with Crippen LogP contribution in [0, 0.1) is 11.3 Å². The van der Waals surface area contributed by atoms with Gasteiger partial charge >= 0.3 is 0 Å². The molecule has 0 radical (unpaired) electrons. The number of rotatable bonds is 8. The second-order valence-electron chi connectivity index (χ2n) is 7.86. The van der Waals surface area contributed by atoms with Crippen molar-refractivity contribution in [1.82, 2.24) is 5.32 Å². The summed E-state index contributed by atoms with van der Waals surface area (Å²) in [6, 6.07) is 8.37. The first-order valence-electron chi connectivity index (χ1n) is 9.97. The van der Waals surface area contributed by atoms with Gasteiger partial charge in [0.25, 0.3) is 0 Å².